The quantitative estimate of drug-likeness (QED) is 0.879. The lowest BCUT2D eigenvalue weighted by Crippen LogP contribution is -2.11. The Balaban J connectivity index is 2.34. The van der Waals surface area contributed by atoms with Crippen molar-refractivity contribution in [2.75, 3.05) is 5.73 Å². The van der Waals surface area contributed by atoms with E-state index < -0.39 is 6.10 Å². The van der Waals surface area contributed by atoms with Crippen LogP contribution >= 0.6 is 0 Å². The lowest BCUT2D eigenvalue weighted by Gasteiger charge is -2.20. The fraction of sp³-hybridized carbons (Fsp3) is 0.353. The minimum atomic E-state index is -0.739. The number of nitrogen functional groups attached to an aromatic ring is 1. The molecular formula is C17H22N2O. The number of anilines is 1. The molecule has 0 bridgehead atoms. The summed E-state index contributed by atoms with van der Waals surface area (Å²) in [5.41, 5.74) is 9.68. The van der Waals surface area contributed by atoms with E-state index in [1.165, 1.54) is 5.56 Å². The Hall–Kier alpha value is -1.87. The molecular weight excluding hydrogens is 248 g/mol. The average molecular weight is 270 g/mol. The van der Waals surface area contributed by atoms with Gasteiger partial charge in [0.25, 0.3) is 0 Å². The molecule has 1 heterocycles. The maximum Gasteiger partial charge on any atom is 0.129 e. The third-order valence-electron chi connectivity index (χ3n) is 3.47. The number of nitrogens with zero attached hydrogens (tertiary/aromatic N) is 1. The first kappa shape index (κ1) is 14.5. The number of aliphatic hydroxyl groups is 1. The summed E-state index contributed by atoms with van der Waals surface area (Å²) >= 11 is 0. The summed E-state index contributed by atoms with van der Waals surface area (Å²) in [5.74, 6) is 0.378. The van der Waals surface area contributed by atoms with E-state index in [-0.39, 0.29) is 5.41 Å². The van der Waals surface area contributed by atoms with Gasteiger partial charge >= 0.3 is 0 Å². The average Bonchev–Trinajstić information content (AvgIpc) is 2.40. The summed E-state index contributed by atoms with van der Waals surface area (Å²) < 4.78 is 0. The molecule has 0 aliphatic carbocycles. The maximum atomic E-state index is 10.5. The second-order valence-corrected chi connectivity index (χ2v) is 6.26. The molecule has 0 saturated carbocycles. The number of aromatic nitrogens is 1. The Labute approximate surface area is 120 Å². The molecule has 106 valence electrons. The third kappa shape index (κ3) is 2.99. The van der Waals surface area contributed by atoms with Crippen molar-refractivity contribution >= 4 is 5.82 Å². The monoisotopic (exact) mass is 270 g/mol. The fourth-order valence-electron chi connectivity index (χ4n) is 2.17. The zero-order chi connectivity index (χ0) is 14.9. The van der Waals surface area contributed by atoms with Crippen LogP contribution in [0.1, 0.15) is 49.1 Å². The number of pyridine rings is 1. The van der Waals surface area contributed by atoms with Crippen LogP contribution in [0, 0.1) is 6.92 Å². The van der Waals surface area contributed by atoms with Gasteiger partial charge in [-0.25, -0.2) is 4.98 Å². The normalized spacial score (nSPS) is 13.2. The van der Waals surface area contributed by atoms with Crippen LogP contribution in [0.15, 0.2) is 36.5 Å². The van der Waals surface area contributed by atoms with E-state index in [1.807, 2.05) is 25.1 Å². The second kappa shape index (κ2) is 5.25. The first-order chi connectivity index (χ1) is 9.29. The van der Waals surface area contributed by atoms with E-state index in [2.05, 4.69) is 37.9 Å². The number of benzene rings is 1. The Morgan fingerprint density at radius 2 is 1.75 bits per heavy atom. The zero-order valence-electron chi connectivity index (χ0n) is 12.5. The first-order valence-electron chi connectivity index (χ1n) is 6.79. The van der Waals surface area contributed by atoms with Crippen LogP contribution in [-0.4, -0.2) is 10.1 Å². The third-order valence-corrected chi connectivity index (χ3v) is 3.47. The fourth-order valence-corrected chi connectivity index (χ4v) is 2.17. The van der Waals surface area contributed by atoms with Gasteiger partial charge in [-0.15, -0.1) is 0 Å². The van der Waals surface area contributed by atoms with E-state index in [4.69, 9.17) is 5.73 Å². The molecule has 0 spiro atoms. The molecule has 1 atom stereocenters. The number of nitrogens with two attached hydrogens (primary N) is 1. The van der Waals surface area contributed by atoms with Gasteiger partial charge in [0.15, 0.2) is 0 Å². The van der Waals surface area contributed by atoms with Gasteiger partial charge in [0.05, 0.1) is 0 Å². The highest BCUT2D eigenvalue weighted by atomic mass is 16.3. The highest BCUT2D eigenvalue weighted by Gasteiger charge is 2.17. The zero-order valence-corrected chi connectivity index (χ0v) is 12.5. The molecule has 3 N–H and O–H groups in total. The molecule has 1 aromatic heterocycles. The molecule has 0 aliphatic heterocycles. The number of aryl methyl sites for hydroxylation is 1. The van der Waals surface area contributed by atoms with Crippen LogP contribution < -0.4 is 5.73 Å². The van der Waals surface area contributed by atoms with Crippen LogP contribution in [0.5, 0.6) is 0 Å². The summed E-state index contributed by atoms with van der Waals surface area (Å²) in [6.07, 6.45) is 0.963. The van der Waals surface area contributed by atoms with E-state index in [1.54, 1.807) is 6.20 Å². The topological polar surface area (TPSA) is 59.1 Å². The van der Waals surface area contributed by atoms with Crippen molar-refractivity contribution < 1.29 is 5.11 Å². The van der Waals surface area contributed by atoms with Gasteiger partial charge in [-0.3, -0.25) is 0 Å². The minimum absolute atomic E-state index is 0.105. The Morgan fingerprint density at radius 3 is 2.30 bits per heavy atom. The second-order valence-electron chi connectivity index (χ2n) is 6.26. The SMILES string of the molecule is Cc1cnc(N)c(C(O)c2ccc(C(C)(C)C)cc2)c1. The standard InChI is InChI=1S/C17H22N2O/c1-11-9-14(16(18)19-10-11)15(20)12-5-7-13(8-6-12)17(2,3)4/h5-10,15,20H,1-4H3,(H2,18,19). The van der Waals surface area contributed by atoms with E-state index in [0.717, 1.165) is 11.1 Å². The molecule has 0 amide bonds. The van der Waals surface area contributed by atoms with E-state index in [9.17, 15) is 5.11 Å². The predicted molar refractivity (Wildman–Crippen MR) is 82.6 cm³/mol. The highest BCUT2D eigenvalue weighted by molar-refractivity contribution is 5.46. The Kier molecular flexibility index (Phi) is 3.82. The number of hydrogen-bond donors (Lipinski definition) is 2. The van der Waals surface area contributed by atoms with Crippen molar-refractivity contribution in [1.29, 1.82) is 0 Å². The molecule has 0 fully saturated rings. The molecule has 3 nitrogen and oxygen atoms in total. The molecule has 3 heteroatoms. The molecule has 0 radical (unpaired) electrons. The van der Waals surface area contributed by atoms with Crippen LogP contribution in [0.2, 0.25) is 0 Å². The molecule has 0 saturated heterocycles. The van der Waals surface area contributed by atoms with Crippen molar-refractivity contribution in [3.8, 4) is 0 Å². The summed E-state index contributed by atoms with van der Waals surface area (Å²) in [6.45, 7) is 8.44. The Bertz CT molecular complexity index is 597. The predicted octanol–water partition coefficient (Wildman–Crippen LogP) is 3.35. The summed E-state index contributed by atoms with van der Waals surface area (Å²) in [7, 11) is 0. The van der Waals surface area contributed by atoms with Crippen LogP contribution in [0.3, 0.4) is 0 Å². The largest absolute Gasteiger partial charge is 0.384 e. The van der Waals surface area contributed by atoms with Gasteiger partial charge < -0.3 is 10.8 Å². The van der Waals surface area contributed by atoms with Crippen molar-refractivity contribution in [2.45, 2.75) is 39.2 Å². The lowest BCUT2D eigenvalue weighted by molar-refractivity contribution is 0.220. The Morgan fingerprint density at radius 1 is 1.15 bits per heavy atom. The van der Waals surface area contributed by atoms with Crippen molar-refractivity contribution in [2.24, 2.45) is 0 Å². The van der Waals surface area contributed by atoms with Crippen LogP contribution in [0.4, 0.5) is 5.82 Å². The van der Waals surface area contributed by atoms with E-state index >= 15 is 0 Å². The molecule has 1 unspecified atom stereocenters. The van der Waals surface area contributed by atoms with Crippen molar-refractivity contribution in [1.82, 2.24) is 4.98 Å². The van der Waals surface area contributed by atoms with Gasteiger partial charge in [0.2, 0.25) is 0 Å². The molecule has 1 aromatic carbocycles. The lowest BCUT2D eigenvalue weighted by atomic mass is 9.86. The molecule has 2 rings (SSSR count). The number of hydrogen-bond acceptors (Lipinski definition) is 3. The van der Waals surface area contributed by atoms with Crippen molar-refractivity contribution in [3.63, 3.8) is 0 Å². The summed E-state index contributed by atoms with van der Waals surface area (Å²) in [4.78, 5) is 4.10. The number of rotatable bonds is 2. The van der Waals surface area contributed by atoms with Gasteiger partial charge in [-0.1, -0.05) is 45.0 Å². The maximum absolute atomic E-state index is 10.5. The molecule has 20 heavy (non-hydrogen) atoms. The summed E-state index contributed by atoms with van der Waals surface area (Å²) in [5, 5.41) is 10.5. The highest BCUT2D eigenvalue weighted by Crippen LogP contribution is 2.28. The van der Waals surface area contributed by atoms with Gasteiger partial charge in [0.1, 0.15) is 11.9 Å². The van der Waals surface area contributed by atoms with Gasteiger partial charge in [-0.2, -0.15) is 0 Å². The van der Waals surface area contributed by atoms with E-state index in [0.29, 0.717) is 11.4 Å². The first-order valence-corrected chi connectivity index (χ1v) is 6.79. The molecule has 0 aliphatic rings. The van der Waals surface area contributed by atoms with Gasteiger partial charge in [-0.05, 0) is 35.1 Å². The molecule has 2 aromatic rings. The number of aliphatic hydroxyl groups excluding tert-OH is 1. The van der Waals surface area contributed by atoms with Crippen LogP contribution in [-0.2, 0) is 5.41 Å². The van der Waals surface area contributed by atoms with Gasteiger partial charge in [0, 0.05) is 11.8 Å². The summed E-state index contributed by atoms with van der Waals surface area (Å²) in [6, 6.07) is 9.89. The smallest absolute Gasteiger partial charge is 0.129 e. The van der Waals surface area contributed by atoms with Crippen LogP contribution in [0.25, 0.3) is 0 Å². The minimum Gasteiger partial charge on any atom is -0.384 e. The van der Waals surface area contributed by atoms with Crippen molar-refractivity contribution in [3.05, 3.63) is 58.8 Å².